The highest BCUT2D eigenvalue weighted by molar-refractivity contribution is 6.06. The maximum absolute atomic E-state index is 13.7. The van der Waals surface area contributed by atoms with Gasteiger partial charge in [0.1, 0.15) is 11.3 Å². The highest BCUT2D eigenvalue weighted by Crippen LogP contribution is 2.34. The molecule has 3 aromatic rings. The van der Waals surface area contributed by atoms with E-state index in [1.165, 1.54) is 13.0 Å². The van der Waals surface area contributed by atoms with Gasteiger partial charge in [0.05, 0.1) is 29.9 Å². The molecule has 11 heteroatoms. The lowest BCUT2D eigenvalue weighted by atomic mass is 10.0. The van der Waals surface area contributed by atoms with Crippen molar-refractivity contribution in [2.24, 2.45) is 0 Å². The third-order valence-corrected chi connectivity index (χ3v) is 9.40. The Morgan fingerprint density at radius 3 is 2.11 bits per heavy atom. The molecule has 1 aliphatic heterocycles. The third-order valence-electron chi connectivity index (χ3n) is 9.40. The van der Waals surface area contributed by atoms with Crippen molar-refractivity contribution in [2.45, 2.75) is 84.9 Å². The monoisotopic (exact) mass is 759 g/mol. The number of fused-ring (bicyclic) bond motifs is 1. The summed E-state index contributed by atoms with van der Waals surface area (Å²) in [6.45, 7) is 8.44. The molecule has 296 valence electrons. The van der Waals surface area contributed by atoms with Gasteiger partial charge in [-0.25, -0.2) is 4.98 Å². The van der Waals surface area contributed by atoms with Crippen molar-refractivity contribution in [2.75, 3.05) is 44.3 Å². The smallest absolute Gasteiger partial charge is 0.378 e. The number of rotatable bonds is 20. The summed E-state index contributed by atoms with van der Waals surface area (Å²) in [4.78, 5) is 32.9. The Kier molecular flexibility index (Phi) is 17.5. The molecule has 2 heterocycles. The minimum Gasteiger partial charge on any atom is -0.378 e. The average Bonchev–Trinajstić information content (AvgIpc) is 3.48. The van der Waals surface area contributed by atoms with Crippen LogP contribution in [0.5, 0.6) is 0 Å². The number of alkyl halides is 3. The molecule has 0 spiro atoms. The standard InChI is InChI=1S/C44H56F3N5O3/c1-4-5-6-7-8-9-10-11-12-13-14-15-16-17-18-19-20-24-41(53)48-25-26-49-43(54)38-31-37(51-27-29-55-30-28-51)32-40-42(38)50-35(3)52(40)33-36-22-21-23-39(34(36)2)44(45,46)47/h5-6,8-9,11-12,14-15,17-18,21-23,31-32H,4,7,10,13,16,19-20,24-30,33H2,1-3H3,(H,48,53)(H,49,54). The number of hydrogen-bond acceptors (Lipinski definition) is 5. The van der Waals surface area contributed by atoms with E-state index in [9.17, 15) is 22.8 Å². The number of imidazole rings is 1. The van der Waals surface area contributed by atoms with Crippen LogP contribution in [0, 0.1) is 13.8 Å². The first-order chi connectivity index (χ1) is 26.6. The van der Waals surface area contributed by atoms with E-state index in [2.05, 4.69) is 83.2 Å². The number of hydrogen-bond donors (Lipinski definition) is 2. The van der Waals surface area contributed by atoms with Gasteiger partial charge in [-0.05, 0) is 88.1 Å². The zero-order chi connectivity index (χ0) is 39.5. The molecule has 2 N–H and O–H groups in total. The number of amides is 2. The van der Waals surface area contributed by atoms with Crippen molar-refractivity contribution in [1.29, 1.82) is 0 Å². The molecule has 1 fully saturated rings. The summed E-state index contributed by atoms with van der Waals surface area (Å²) >= 11 is 0. The molecule has 0 saturated carbocycles. The normalized spacial score (nSPS) is 14.2. The molecule has 0 unspecified atom stereocenters. The van der Waals surface area contributed by atoms with Crippen molar-refractivity contribution in [1.82, 2.24) is 20.2 Å². The van der Waals surface area contributed by atoms with Gasteiger partial charge in [-0.1, -0.05) is 79.8 Å². The summed E-state index contributed by atoms with van der Waals surface area (Å²) in [5.74, 6) is 0.169. The summed E-state index contributed by atoms with van der Waals surface area (Å²) in [5.41, 5.74) is 2.32. The zero-order valence-corrected chi connectivity index (χ0v) is 32.5. The van der Waals surface area contributed by atoms with Crippen LogP contribution in [0.1, 0.15) is 91.2 Å². The molecular weight excluding hydrogens is 704 g/mol. The fourth-order valence-electron chi connectivity index (χ4n) is 6.34. The Balaban J connectivity index is 1.25. The van der Waals surface area contributed by atoms with Crippen molar-refractivity contribution < 1.29 is 27.5 Å². The van der Waals surface area contributed by atoms with E-state index in [0.29, 0.717) is 60.7 Å². The van der Waals surface area contributed by atoms with Gasteiger partial charge in [0.15, 0.2) is 0 Å². The largest absolute Gasteiger partial charge is 0.416 e. The van der Waals surface area contributed by atoms with E-state index in [4.69, 9.17) is 9.72 Å². The number of anilines is 1. The summed E-state index contributed by atoms with van der Waals surface area (Å²) in [5, 5.41) is 5.80. The number of morpholine rings is 1. The van der Waals surface area contributed by atoms with Gasteiger partial charge >= 0.3 is 6.18 Å². The van der Waals surface area contributed by atoms with Crippen molar-refractivity contribution in [3.05, 3.63) is 119 Å². The summed E-state index contributed by atoms with van der Waals surface area (Å²) in [6.07, 6.45) is 23.9. The van der Waals surface area contributed by atoms with Crippen LogP contribution in [0.4, 0.5) is 18.9 Å². The number of nitrogens with one attached hydrogen (secondary N) is 2. The fraction of sp³-hybridized carbons (Fsp3) is 0.432. The first-order valence-electron chi connectivity index (χ1n) is 19.4. The Morgan fingerprint density at radius 2 is 1.47 bits per heavy atom. The van der Waals surface area contributed by atoms with Crippen molar-refractivity contribution in [3.8, 4) is 0 Å². The Bertz CT molecular complexity index is 1850. The summed E-state index contributed by atoms with van der Waals surface area (Å²) < 4.78 is 48.5. The van der Waals surface area contributed by atoms with Crippen LogP contribution >= 0.6 is 0 Å². The van der Waals surface area contributed by atoms with E-state index < -0.39 is 11.7 Å². The summed E-state index contributed by atoms with van der Waals surface area (Å²) in [6, 6.07) is 7.95. The topological polar surface area (TPSA) is 88.5 Å². The van der Waals surface area contributed by atoms with Crippen LogP contribution in [0.2, 0.25) is 0 Å². The number of carbonyl (C=O) groups is 2. The number of benzene rings is 2. The number of carbonyl (C=O) groups excluding carboxylic acids is 2. The maximum atomic E-state index is 13.7. The summed E-state index contributed by atoms with van der Waals surface area (Å²) in [7, 11) is 0. The molecule has 55 heavy (non-hydrogen) atoms. The first kappa shape index (κ1) is 42.8. The van der Waals surface area contributed by atoms with Crippen LogP contribution in [-0.4, -0.2) is 60.8 Å². The molecule has 0 aliphatic carbocycles. The second kappa shape index (κ2) is 22.5. The van der Waals surface area contributed by atoms with E-state index in [0.717, 1.165) is 56.7 Å². The lowest BCUT2D eigenvalue weighted by Crippen LogP contribution is -2.37. The average molecular weight is 760 g/mol. The Labute approximate surface area is 323 Å². The SMILES string of the molecule is CCC=CCC=CCC=CCC=CCC=CCCCC(=O)NCCNC(=O)c1cc(N2CCOCC2)cc2c1nc(C)n2Cc1cccc(C(F)(F)F)c1C. The minimum atomic E-state index is -4.46. The van der Waals surface area contributed by atoms with E-state index in [1.807, 2.05) is 16.7 Å². The van der Waals surface area contributed by atoms with Gasteiger partial charge < -0.3 is 24.8 Å². The van der Waals surface area contributed by atoms with Crippen LogP contribution in [-0.2, 0) is 22.3 Å². The molecule has 1 aromatic heterocycles. The second-order valence-electron chi connectivity index (χ2n) is 13.5. The zero-order valence-electron chi connectivity index (χ0n) is 32.5. The van der Waals surface area contributed by atoms with Gasteiger partial charge in [0, 0.05) is 44.8 Å². The second-order valence-corrected chi connectivity index (χ2v) is 13.5. The quantitative estimate of drug-likeness (QED) is 0.0886. The number of aryl methyl sites for hydroxylation is 1. The van der Waals surface area contributed by atoms with Crippen molar-refractivity contribution >= 4 is 28.5 Å². The molecule has 0 atom stereocenters. The van der Waals surface area contributed by atoms with E-state index in [1.54, 1.807) is 13.0 Å². The van der Waals surface area contributed by atoms with Gasteiger partial charge in [0.2, 0.25) is 5.91 Å². The lowest BCUT2D eigenvalue weighted by molar-refractivity contribution is -0.138. The lowest BCUT2D eigenvalue weighted by Gasteiger charge is -2.29. The predicted molar refractivity (Wildman–Crippen MR) is 216 cm³/mol. The van der Waals surface area contributed by atoms with Gasteiger partial charge in [-0.2, -0.15) is 13.2 Å². The van der Waals surface area contributed by atoms with Gasteiger partial charge in [0.25, 0.3) is 5.91 Å². The Hall–Kier alpha value is -4.90. The van der Waals surface area contributed by atoms with Gasteiger partial charge in [-0.15, -0.1) is 0 Å². The molecule has 4 rings (SSSR count). The molecule has 2 amide bonds. The maximum Gasteiger partial charge on any atom is 0.416 e. The molecule has 0 bridgehead atoms. The number of unbranched alkanes of at least 4 members (excludes halogenated alkanes) is 1. The van der Waals surface area contributed by atoms with E-state index >= 15 is 0 Å². The number of aromatic nitrogens is 2. The molecular formula is C44H56F3N5O3. The minimum absolute atomic E-state index is 0.0717. The van der Waals surface area contributed by atoms with Crippen LogP contribution in [0.3, 0.4) is 0 Å². The van der Waals surface area contributed by atoms with Crippen LogP contribution in [0.15, 0.2) is 91.1 Å². The number of ether oxygens (including phenoxy) is 1. The molecule has 2 aromatic carbocycles. The molecule has 1 saturated heterocycles. The molecule has 8 nitrogen and oxygen atoms in total. The van der Waals surface area contributed by atoms with Gasteiger partial charge in [-0.3, -0.25) is 9.59 Å². The highest BCUT2D eigenvalue weighted by Gasteiger charge is 2.33. The van der Waals surface area contributed by atoms with Crippen molar-refractivity contribution in [3.63, 3.8) is 0 Å². The third kappa shape index (κ3) is 13.7. The number of halogens is 3. The Morgan fingerprint density at radius 1 is 0.855 bits per heavy atom. The van der Waals surface area contributed by atoms with Crippen LogP contribution in [0.25, 0.3) is 11.0 Å². The molecule has 0 radical (unpaired) electrons. The van der Waals surface area contributed by atoms with E-state index in [-0.39, 0.29) is 37.0 Å². The predicted octanol–water partition coefficient (Wildman–Crippen LogP) is 9.32. The van der Waals surface area contributed by atoms with Crippen LogP contribution < -0.4 is 15.5 Å². The number of nitrogens with zero attached hydrogens (tertiary/aromatic N) is 3. The number of allylic oxidation sites excluding steroid dienone is 10. The fourth-order valence-corrected chi connectivity index (χ4v) is 6.34. The molecule has 1 aliphatic rings. The first-order valence-corrected chi connectivity index (χ1v) is 19.4. The highest BCUT2D eigenvalue weighted by atomic mass is 19.4.